The second kappa shape index (κ2) is 6.73. The molecule has 4 aromatic rings. The second-order valence-electron chi connectivity index (χ2n) is 6.13. The van der Waals surface area contributed by atoms with Gasteiger partial charge < -0.3 is 14.0 Å². The van der Waals surface area contributed by atoms with E-state index in [2.05, 4.69) is 25.1 Å². The van der Waals surface area contributed by atoms with Gasteiger partial charge in [-0.05, 0) is 43.2 Å². The van der Waals surface area contributed by atoms with Gasteiger partial charge in [-0.1, -0.05) is 5.16 Å². The number of nitrogens with zero attached hydrogens (tertiary/aromatic N) is 5. The lowest BCUT2D eigenvalue weighted by molar-refractivity contribution is 0.0835. The van der Waals surface area contributed by atoms with Gasteiger partial charge >= 0.3 is 0 Å². The number of hydrogen-bond donors (Lipinski definition) is 0. The Bertz CT molecular complexity index is 1070. The zero-order chi connectivity index (χ0) is 18.1. The lowest BCUT2D eigenvalue weighted by Crippen LogP contribution is -1.95. The molecule has 0 aliphatic carbocycles. The maximum absolute atomic E-state index is 5.80. The minimum Gasteiger partial charge on any atom is -0.439 e. The molecule has 0 radical (unpaired) electrons. The molecule has 1 atom stereocenters. The SMILES string of the molecule is c1cnc2nc(Oc3ccc(-c4noc(C5CCCO5)n4)cc3)ccc2n1. The van der Waals surface area contributed by atoms with Crippen LogP contribution in [0.15, 0.2) is 53.3 Å². The molecule has 8 nitrogen and oxygen atoms in total. The van der Waals surface area contributed by atoms with Crippen molar-refractivity contribution in [1.82, 2.24) is 25.1 Å². The van der Waals surface area contributed by atoms with Crippen LogP contribution in [0.5, 0.6) is 11.6 Å². The van der Waals surface area contributed by atoms with Gasteiger partial charge in [0.1, 0.15) is 17.4 Å². The Morgan fingerprint density at radius 1 is 0.963 bits per heavy atom. The van der Waals surface area contributed by atoms with Gasteiger partial charge in [-0.25, -0.2) is 4.98 Å². The quantitative estimate of drug-likeness (QED) is 0.543. The first-order chi connectivity index (χ1) is 13.3. The van der Waals surface area contributed by atoms with E-state index in [1.54, 1.807) is 18.5 Å². The molecule has 1 aromatic carbocycles. The third kappa shape index (κ3) is 3.22. The molecule has 3 aromatic heterocycles. The molecule has 27 heavy (non-hydrogen) atoms. The van der Waals surface area contributed by atoms with Crippen LogP contribution < -0.4 is 4.74 Å². The smallest absolute Gasteiger partial charge is 0.256 e. The number of ether oxygens (including phenoxy) is 2. The first kappa shape index (κ1) is 15.8. The summed E-state index contributed by atoms with van der Waals surface area (Å²) < 4.78 is 16.7. The predicted molar refractivity (Wildman–Crippen MR) is 95.1 cm³/mol. The largest absolute Gasteiger partial charge is 0.439 e. The van der Waals surface area contributed by atoms with Crippen LogP contribution in [0.2, 0.25) is 0 Å². The second-order valence-corrected chi connectivity index (χ2v) is 6.13. The first-order valence-electron chi connectivity index (χ1n) is 8.66. The van der Waals surface area contributed by atoms with Crippen LogP contribution in [0.25, 0.3) is 22.6 Å². The van der Waals surface area contributed by atoms with E-state index in [0.717, 1.165) is 30.5 Å². The van der Waals surface area contributed by atoms with E-state index >= 15 is 0 Å². The summed E-state index contributed by atoms with van der Waals surface area (Å²) in [7, 11) is 0. The fourth-order valence-electron chi connectivity index (χ4n) is 2.94. The average molecular weight is 361 g/mol. The highest BCUT2D eigenvalue weighted by atomic mass is 16.5. The van der Waals surface area contributed by atoms with E-state index < -0.39 is 0 Å². The topological polar surface area (TPSA) is 96.1 Å². The van der Waals surface area contributed by atoms with Crippen LogP contribution in [0, 0.1) is 0 Å². The molecule has 1 fully saturated rings. The van der Waals surface area contributed by atoms with Gasteiger partial charge in [0, 0.05) is 30.6 Å². The van der Waals surface area contributed by atoms with E-state index in [1.165, 1.54) is 0 Å². The first-order valence-corrected chi connectivity index (χ1v) is 8.66. The third-order valence-electron chi connectivity index (χ3n) is 4.29. The molecule has 0 N–H and O–H groups in total. The van der Waals surface area contributed by atoms with Crippen molar-refractivity contribution < 1.29 is 14.0 Å². The van der Waals surface area contributed by atoms with E-state index in [0.29, 0.717) is 29.0 Å². The molecule has 8 heteroatoms. The van der Waals surface area contributed by atoms with Crippen LogP contribution >= 0.6 is 0 Å². The Morgan fingerprint density at radius 2 is 1.85 bits per heavy atom. The average Bonchev–Trinajstić information content (AvgIpc) is 3.40. The molecule has 4 heterocycles. The summed E-state index contributed by atoms with van der Waals surface area (Å²) in [6, 6.07) is 11.0. The summed E-state index contributed by atoms with van der Waals surface area (Å²) in [5.41, 5.74) is 2.10. The van der Waals surface area contributed by atoms with Crippen molar-refractivity contribution in [2.75, 3.05) is 6.61 Å². The van der Waals surface area contributed by atoms with Crippen molar-refractivity contribution in [3.8, 4) is 23.0 Å². The van der Waals surface area contributed by atoms with Gasteiger partial charge in [-0.3, -0.25) is 4.98 Å². The summed E-state index contributed by atoms with van der Waals surface area (Å²) in [5.74, 6) is 2.17. The normalized spacial score (nSPS) is 16.7. The molecule has 0 saturated carbocycles. The molecule has 134 valence electrons. The van der Waals surface area contributed by atoms with Gasteiger partial charge in [0.05, 0.1) is 0 Å². The molecular formula is C19H15N5O3. The summed E-state index contributed by atoms with van der Waals surface area (Å²) >= 11 is 0. The van der Waals surface area contributed by atoms with Crippen LogP contribution in [0.3, 0.4) is 0 Å². The molecule has 1 saturated heterocycles. The molecule has 5 rings (SSSR count). The van der Waals surface area contributed by atoms with Gasteiger partial charge in [0.25, 0.3) is 5.89 Å². The molecule has 0 amide bonds. The van der Waals surface area contributed by atoms with Gasteiger partial charge in [0.15, 0.2) is 5.65 Å². The van der Waals surface area contributed by atoms with E-state index in [1.807, 2.05) is 30.3 Å². The zero-order valence-electron chi connectivity index (χ0n) is 14.3. The lowest BCUT2D eigenvalue weighted by Gasteiger charge is -2.05. The highest BCUT2D eigenvalue weighted by molar-refractivity contribution is 5.69. The van der Waals surface area contributed by atoms with Crippen LogP contribution in [0.4, 0.5) is 0 Å². The molecule has 1 unspecified atom stereocenters. The number of rotatable bonds is 4. The third-order valence-corrected chi connectivity index (χ3v) is 4.29. The van der Waals surface area contributed by atoms with Crippen molar-refractivity contribution in [1.29, 1.82) is 0 Å². The number of benzene rings is 1. The van der Waals surface area contributed by atoms with Gasteiger partial charge in [-0.2, -0.15) is 9.97 Å². The van der Waals surface area contributed by atoms with Crippen LogP contribution in [-0.2, 0) is 4.74 Å². The maximum atomic E-state index is 5.80. The molecule has 1 aliphatic rings. The molecule has 0 bridgehead atoms. The summed E-state index contributed by atoms with van der Waals surface area (Å²) in [5, 5.41) is 4.04. The van der Waals surface area contributed by atoms with E-state index in [9.17, 15) is 0 Å². The van der Waals surface area contributed by atoms with E-state index in [-0.39, 0.29) is 6.10 Å². The van der Waals surface area contributed by atoms with Gasteiger partial charge in [0.2, 0.25) is 11.7 Å². The predicted octanol–water partition coefficient (Wildman–Crippen LogP) is 3.72. The number of pyridine rings is 1. The number of fused-ring (bicyclic) bond motifs is 1. The summed E-state index contributed by atoms with van der Waals surface area (Å²) in [6.07, 6.45) is 5.08. The van der Waals surface area contributed by atoms with E-state index in [4.69, 9.17) is 14.0 Å². The Kier molecular flexibility index (Phi) is 3.95. The highest BCUT2D eigenvalue weighted by Gasteiger charge is 2.24. The molecular weight excluding hydrogens is 346 g/mol. The Hall–Kier alpha value is -3.39. The van der Waals surface area contributed by atoms with Crippen molar-refractivity contribution in [2.24, 2.45) is 0 Å². The van der Waals surface area contributed by atoms with Crippen LogP contribution in [-0.4, -0.2) is 31.7 Å². The summed E-state index contributed by atoms with van der Waals surface area (Å²) in [4.78, 5) is 17.2. The molecule has 1 aliphatic heterocycles. The van der Waals surface area contributed by atoms with Gasteiger partial charge in [-0.15, -0.1) is 0 Å². The minimum absolute atomic E-state index is 0.0871. The fraction of sp³-hybridized carbons (Fsp3) is 0.211. The lowest BCUT2D eigenvalue weighted by atomic mass is 10.2. The Balaban J connectivity index is 1.33. The Morgan fingerprint density at radius 3 is 2.70 bits per heavy atom. The van der Waals surface area contributed by atoms with Crippen molar-refractivity contribution in [3.63, 3.8) is 0 Å². The zero-order valence-corrected chi connectivity index (χ0v) is 14.3. The summed E-state index contributed by atoms with van der Waals surface area (Å²) in [6.45, 7) is 0.739. The molecule has 0 spiro atoms. The highest BCUT2D eigenvalue weighted by Crippen LogP contribution is 2.29. The standard InChI is InChI=1S/C19H15N5O3/c1-2-15(25-11-1)19-23-17(24-27-19)12-3-5-13(6-4-12)26-16-8-7-14-18(22-16)21-10-9-20-14/h3-10,15H,1-2,11H2. The van der Waals surface area contributed by atoms with Crippen molar-refractivity contribution in [2.45, 2.75) is 18.9 Å². The number of aromatic nitrogens is 5. The Labute approximate surface area is 154 Å². The van der Waals surface area contributed by atoms with Crippen molar-refractivity contribution in [3.05, 3.63) is 54.7 Å². The fourth-order valence-corrected chi connectivity index (χ4v) is 2.94. The van der Waals surface area contributed by atoms with Crippen molar-refractivity contribution >= 4 is 11.2 Å². The monoisotopic (exact) mass is 361 g/mol. The maximum Gasteiger partial charge on any atom is 0.256 e. The van der Waals surface area contributed by atoms with Crippen LogP contribution in [0.1, 0.15) is 24.8 Å². The number of hydrogen-bond acceptors (Lipinski definition) is 8. The minimum atomic E-state index is -0.0871.